The van der Waals surface area contributed by atoms with Crippen LogP contribution in [0.3, 0.4) is 0 Å². The van der Waals surface area contributed by atoms with Gasteiger partial charge < -0.3 is 0 Å². The van der Waals surface area contributed by atoms with Gasteiger partial charge in [0.25, 0.3) is 0 Å². The Balaban J connectivity index is 0.000000261. The molecule has 3 aromatic carbocycles. The molecule has 0 radical (unpaired) electrons. The normalized spacial score (nSPS) is 10.5. The van der Waals surface area contributed by atoms with Crippen LogP contribution in [0.15, 0.2) is 91.3 Å². The zero-order chi connectivity index (χ0) is 24.7. The predicted octanol–water partition coefficient (Wildman–Crippen LogP) is 9.27. The van der Waals surface area contributed by atoms with Gasteiger partial charge in [-0.05, 0) is 54.9 Å². The third-order valence-corrected chi connectivity index (χ3v) is 6.27. The second kappa shape index (κ2) is 14.9. The molecule has 2 nitrogen and oxygen atoms in total. The van der Waals surface area contributed by atoms with Gasteiger partial charge in [0.1, 0.15) is 0 Å². The highest BCUT2D eigenvalue weighted by molar-refractivity contribution is 5.65. The van der Waals surface area contributed by atoms with E-state index in [1.165, 1.54) is 61.6 Å². The van der Waals surface area contributed by atoms with Crippen LogP contribution in [-0.4, -0.2) is 9.97 Å². The second-order valence-corrected chi connectivity index (χ2v) is 9.21. The van der Waals surface area contributed by atoms with Gasteiger partial charge in [0.15, 0.2) is 5.82 Å². The van der Waals surface area contributed by atoms with Gasteiger partial charge in [-0.25, -0.2) is 9.97 Å². The van der Waals surface area contributed by atoms with Crippen molar-refractivity contribution in [2.24, 2.45) is 0 Å². The minimum Gasteiger partial charge on any atom is -0.236 e. The van der Waals surface area contributed by atoms with E-state index < -0.39 is 0 Å². The monoisotopic (exact) mass is 464 g/mol. The van der Waals surface area contributed by atoms with Gasteiger partial charge in [0, 0.05) is 23.5 Å². The summed E-state index contributed by atoms with van der Waals surface area (Å²) >= 11 is 0. The summed E-state index contributed by atoms with van der Waals surface area (Å²) in [4.78, 5) is 9.16. The quantitative estimate of drug-likeness (QED) is 0.219. The first-order valence-corrected chi connectivity index (χ1v) is 13.2. The maximum absolute atomic E-state index is 4.58. The Morgan fingerprint density at radius 3 is 1.71 bits per heavy atom. The summed E-state index contributed by atoms with van der Waals surface area (Å²) < 4.78 is 0. The lowest BCUT2D eigenvalue weighted by Crippen LogP contribution is -1.94. The molecule has 35 heavy (non-hydrogen) atoms. The molecule has 0 N–H and O–H groups in total. The molecule has 0 aliphatic carbocycles. The molecule has 0 saturated carbocycles. The summed E-state index contributed by atoms with van der Waals surface area (Å²) in [6.07, 6.45) is 14.0. The Morgan fingerprint density at radius 2 is 1.14 bits per heavy atom. The Morgan fingerprint density at radius 1 is 0.571 bits per heavy atom. The van der Waals surface area contributed by atoms with Crippen LogP contribution in [0.2, 0.25) is 0 Å². The van der Waals surface area contributed by atoms with Gasteiger partial charge in [-0.15, -0.1) is 0 Å². The maximum atomic E-state index is 4.58. The lowest BCUT2D eigenvalue weighted by atomic mass is 10.0. The molecule has 0 bridgehead atoms. The standard InChI is InChI=1S/C22H24N2.C11H16/c1-3-4-6-9-18-12-13-21(17(2)14-18)22-23-15-20(16-24-22)19-10-7-5-8-11-19;1-2-3-5-8-11-9-6-4-7-10-11/h5,7-8,10-16H,3-4,6,9H2,1-2H3;4,6-7,9-10H,2-3,5,8H2,1H3. The highest BCUT2D eigenvalue weighted by atomic mass is 14.9. The van der Waals surface area contributed by atoms with Crippen LogP contribution in [0.4, 0.5) is 0 Å². The topological polar surface area (TPSA) is 25.8 Å². The highest BCUT2D eigenvalue weighted by Gasteiger charge is 2.07. The Hall–Kier alpha value is -3.26. The van der Waals surface area contributed by atoms with E-state index in [-0.39, 0.29) is 0 Å². The third-order valence-electron chi connectivity index (χ3n) is 6.27. The number of hydrogen-bond acceptors (Lipinski definition) is 2. The molecule has 1 heterocycles. The van der Waals surface area contributed by atoms with Crippen molar-refractivity contribution in [1.82, 2.24) is 9.97 Å². The number of aromatic nitrogens is 2. The molecule has 4 rings (SSSR count). The fraction of sp³-hybridized carbons (Fsp3) is 0.333. The molecule has 0 amide bonds. The summed E-state index contributed by atoms with van der Waals surface area (Å²) in [5.41, 5.74) is 7.44. The summed E-state index contributed by atoms with van der Waals surface area (Å²) in [7, 11) is 0. The number of aryl methyl sites for hydroxylation is 3. The summed E-state index contributed by atoms with van der Waals surface area (Å²) in [5.74, 6) is 0.798. The van der Waals surface area contributed by atoms with Crippen LogP contribution < -0.4 is 0 Å². The molecule has 4 aromatic rings. The fourth-order valence-electron chi connectivity index (χ4n) is 4.18. The van der Waals surface area contributed by atoms with Crippen LogP contribution in [0.5, 0.6) is 0 Å². The molecule has 0 aliphatic rings. The van der Waals surface area contributed by atoms with Crippen LogP contribution >= 0.6 is 0 Å². The van der Waals surface area contributed by atoms with E-state index in [1.54, 1.807) is 0 Å². The van der Waals surface area contributed by atoms with E-state index >= 15 is 0 Å². The largest absolute Gasteiger partial charge is 0.236 e. The van der Waals surface area contributed by atoms with Crippen molar-refractivity contribution in [2.75, 3.05) is 0 Å². The predicted molar refractivity (Wildman–Crippen MR) is 151 cm³/mol. The van der Waals surface area contributed by atoms with E-state index in [0.717, 1.165) is 28.9 Å². The number of hydrogen-bond donors (Lipinski definition) is 0. The number of nitrogens with zero attached hydrogens (tertiary/aromatic N) is 2. The Kier molecular flexibility index (Phi) is 11.2. The molecule has 0 atom stereocenters. The lowest BCUT2D eigenvalue weighted by Gasteiger charge is -2.08. The average molecular weight is 465 g/mol. The Labute approximate surface area is 212 Å². The van der Waals surface area contributed by atoms with E-state index in [4.69, 9.17) is 0 Å². The molecule has 0 unspecified atom stereocenters. The average Bonchev–Trinajstić information content (AvgIpc) is 2.91. The molecular weight excluding hydrogens is 424 g/mol. The molecule has 2 heteroatoms. The SMILES string of the molecule is CCCCCc1ccc(-c2ncc(-c3ccccc3)cn2)c(C)c1.CCCCCc1ccccc1. The van der Waals surface area contributed by atoms with Crippen LogP contribution in [0.25, 0.3) is 22.5 Å². The summed E-state index contributed by atoms with van der Waals surface area (Å²) in [5, 5.41) is 0. The van der Waals surface area contributed by atoms with Crippen molar-refractivity contribution < 1.29 is 0 Å². The van der Waals surface area contributed by atoms with Gasteiger partial charge >= 0.3 is 0 Å². The van der Waals surface area contributed by atoms with E-state index in [2.05, 4.69) is 91.4 Å². The van der Waals surface area contributed by atoms with Crippen LogP contribution in [0.1, 0.15) is 69.1 Å². The second-order valence-electron chi connectivity index (χ2n) is 9.21. The van der Waals surface area contributed by atoms with Gasteiger partial charge in [0.05, 0.1) is 0 Å². The molecule has 182 valence electrons. The number of rotatable bonds is 10. The lowest BCUT2D eigenvalue weighted by molar-refractivity contribution is 0.717. The molecule has 0 aliphatic heterocycles. The van der Waals surface area contributed by atoms with Gasteiger partial charge in [0.2, 0.25) is 0 Å². The van der Waals surface area contributed by atoms with E-state index in [0.29, 0.717) is 0 Å². The first-order chi connectivity index (χ1) is 17.2. The van der Waals surface area contributed by atoms with Gasteiger partial charge in [-0.2, -0.15) is 0 Å². The van der Waals surface area contributed by atoms with Crippen molar-refractivity contribution in [1.29, 1.82) is 0 Å². The van der Waals surface area contributed by atoms with Crippen LogP contribution in [-0.2, 0) is 12.8 Å². The first kappa shape index (κ1) is 26.3. The van der Waals surface area contributed by atoms with E-state index in [1.807, 2.05) is 30.6 Å². The van der Waals surface area contributed by atoms with E-state index in [9.17, 15) is 0 Å². The number of benzene rings is 3. The van der Waals surface area contributed by atoms with Crippen molar-refractivity contribution >= 4 is 0 Å². The smallest absolute Gasteiger partial charge is 0.159 e. The van der Waals surface area contributed by atoms with Crippen LogP contribution in [0, 0.1) is 6.92 Å². The van der Waals surface area contributed by atoms with Crippen molar-refractivity contribution in [3.8, 4) is 22.5 Å². The summed E-state index contributed by atoms with van der Waals surface area (Å²) in [6.45, 7) is 6.63. The zero-order valence-electron chi connectivity index (χ0n) is 21.7. The number of unbranched alkanes of at least 4 members (excludes halogenated alkanes) is 4. The Bertz CT molecular complexity index is 1100. The van der Waals surface area contributed by atoms with Gasteiger partial charge in [-0.1, -0.05) is 118 Å². The first-order valence-electron chi connectivity index (χ1n) is 13.2. The maximum Gasteiger partial charge on any atom is 0.159 e. The molecule has 1 aromatic heterocycles. The minimum atomic E-state index is 0.798. The molecule has 0 saturated heterocycles. The highest BCUT2D eigenvalue weighted by Crippen LogP contribution is 2.24. The fourth-order valence-corrected chi connectivity index (χ4v) is 4.18. The van der Waals surface area contributed by atoms with Gasteiger partial charge in [-0.3, -0.25) is 0 Å². The zero-order valence-corrected chi connectivity index (χ0v) is 21.7. The summed E-state index contributed by atoms with van der Waals surface area (Å²) in [6, 6.07) is 27.6. The van der Waals surface area contributed by atoms with Crippen molar-refractivity contribution in [3.05, 3.63) is 108 Å². The third kappa shape index (κ3) is 8.79. The molecule has 0 spiro atoms. The van der Waals surface area contributed by atoms with Crippen molar-refractivity contribution in [2.45, 2.75) is 72.1 Å². The minimum absolute atomic E-state index is 0.798. The van der Waals surface area contributed by atoms with Crippen molar-refractivity contribution in [3.63, 3.8) is 0 Å². The molecule has 0 fully saturated rings. The molecular formula is C33H40N2.